The first-order valence-corrected chi connectivity index (χ1v) is 13.1. The monoisotopic (exact) mass is 529 g/mol. The Morgan fingerprint density at radius 3 is 2.97 bits per heavy atom. The molecule has 4 rings (SSSR count). The van der Waals surface area contributed by atoms with Crippen LogP contribution in [0.15, 0.2) is 42.7 Å². The van der Waals surface area contributed by atoms with Gasteiger partial charge in [-0.1, -0.05) is 17.9 Å². The van der Waals surface area contributed by atoms with Crippen LogP contribution in [0.2, 0.25) is 0 Å². The topological polar surface area (TPSA) is 131 Å². The number of nitrogens with zero attached hydrogens (tertiary/aromatic N) is 5. The molecule has 1 atom stereocenters. The molecular weight excluding hydrogens is 494 g/mol. The number of hydrogen-bond acceptors (Lipinski definition) is 8. The average Bonchev–Trinajstić information content (AvgIpc) is 3.60. The van der Waals surface area contributed by atoms with Crippen LogP contribution in [0, 0.1) is 11.8 Å². The van der Waals surface area contributed by atoms with E-state index in [4.69, 9.17) is 0 Å². The number of aromatic nitrogens is 4. The summed E-state index contributed by atoms with van der Waals surface area (Å²) in [6.07, 6.45) is 9.67. The molecule has 1 aromatic carbocycles. The van der Waals surface area contributed by atoms with Gasteiger partial charge < -0.3 is 25.8 Å². The summed E-state index contributed by atoms with van der Waals surface area (Å²) in [7, 11) is 5.68. The number of carbonyl (C=O) groups excluding carboxylic acids is 2. The Bertz CT molecular complexity index is 1390. The first-order chi connectivity index (χ1) is 18.9. The number of rotatable bonds is 10. The molecule has 1 fully saturated rings. The largest absolute Gasteiger partial charge is 0.372 e. The normalized spacial score (nSPS) is 15.0. The van der Waals surface area contributed by atoms with E-state index in [0.29, 0.717) is 56.2 Å². The van der Waals surface area contributed by atoms with Crippen molar-refractivity contribution >= 4 is 40.2 Å². The molecule has 4 N–H and O–H groups in total. The van der Waals surface area contributed by atoms with E-state index in [0.717, 1.165) is 23.0 Å². The van der Waals surface area contributed by atoms with Gasteiger partial charge in [-0.05, 0) is 51.6 Å². The lowest BCUT2D eigenvalue weighted by Gasteiger charge is -2.22. The van der Waals surface area contributed by atoms with Crippen LogP contribution in [0.4, 0.5) is 17.5 Å². The number of likely N-dealkylation sites (N-methyl/N-ethyl adjacent to an activating group) is 1. The van der Waals surface area contributed by atoms with Crippen LogP contribution in [0.25, 0.3) is 10.9 Å². The third-order valence-electron chi connectivity index (χ3n) is 6.29. The van der Waals surface area contributed by atoms with Gasteiger partial charge in [0, 0.05) is 50.3 Å². The molecule has 0 unspecified atom stereocenters. The van der Waals surface area contributed by atoms with Crippen molar-refractivity contribution in [2.24, 2.45) is 0 Å². The Morgan fingerprint density at radius 2 is 2.15 bits per heavy atom. The van der Waals surface area contributed by atoms with Gasteiger partial charge in [0.2, 0.25) is 17.8 Å². The van der Waals surface area contributed by atoms with E-state index in [1.165, 1.54) is 0 Å². The van der Waals surface area contributed by atoms with Gasteiger partial charge in [-0.2, -0.15) is 10.1 Å². The van der Waals surface area contributed by atoms with E-state index in [2.05, 4.69) is 48.0 Å². The number of H-pyrrole nitrogens is 1. The molecule has 2 aromatic heterocycles. The van der Waals surface area contributed by atoms with E-state index in [1.807, 2.05) is 43.3 Å². The van der Waals surface area contributed by atoms with Gasteiger partial charge in [0.25, 0.3) is 0 Å². The number of anilines is 3. The molecule has 204 valence electrons. The molecule has 0 radical (unpaired) electrons. The van der Waals surface area contributed by atoms with Gasteiger partial charge in [0.1, 0.15) is 11.9 Å². The predicted molar refractivity (Wildman–Crippen MR) is 153 cm³/mol. The summed E-state index contributed by atoms with van der Waals surface area (Å²) in [4.78, 5) is 37.7. The minimum atomic E-state index is -0.406. The van der Waals surface area contributed by atoms with Crippen molar-refractivity contribution in [2.75, 3.05) is 51.4 Å². The van der Waals surface area contributed by atoms with E-state index in [9.17, 15) is 9.59 Å². The third-order valence-corrected chi connectivity index (χ3v) is 6.29. The fourth-order valence-electron chi connectivity index (χ4n) is 4.30. The number of hydrogen-bond donors (Lipinski definition) is 4. The molecular formula is C28H35N9O2. The first-order valence-electron chi connectivity index (χ1n) is 13.1. The second-order valence-corrected chi connectivity index (χ2v) is 9.55. The van der Waals surface area contributed by atoms with Gasteiger partial charge in [0.05, 0.1) is 23.5 Å². The number of carbonyl (C=O) groups is 2. The molecule has 0 saturated carbocycles. The lowest BCUT2D eigenvalue weighted by Crippen LogP contribution is -2.45. The number of unbranched alkanes of at least 4 members (excludes halogenated alkanes) is 1. The Kier molecular flexibility index (Phi) is 9.48. The zero-order chi connectivity index (χ0) is 27.6. The fourth-order valence-corrected chi connectivity index (χ4v) is 4.30. The standard InChI is InChI=1S/C28H35N9O2/c1-29-26-20(18-31-28(34-26)33-22-12-13-23-21(17-22)19-32-35-23)9-5-4-6-14-30-27(39)24-10-7-16-37(24)25(38)11-8-15-36(2)3/h8,11-13,17-19,24H,4,6-7,10,14-16H2,1-3H3,(H,30,39)(H,32,35)(H2,29,31,33,34)/t24-/m0/s1. The maximum Gasteiger partial charge on any atom is 0.246 e. The number of fused-ring (bicyclic) bond motifs is 1. The second-order valence-electron chi connectivity index (χ2n) is 9.55. The van der Waals surface area contributed by atoms with E-state index in [-0.39, 0.29) is 11.8 Å². The van der Waals surface area contributed by atoms with Gasteiger partial charge >= 0.3 is 0 Å². The Hall–Kier alpha value is -4.43. The van der Waals surface area contributed by atoms with E-state index >= 15 is 0 Å². The number of aromatic amines is 1. The lowest BCUT2D eigenvalue weighted by molar-refractivity contribution is -0.135. The molecule has 11 nitrogen and oxygen atoms in total. The highest BCUT2D eigenvalue weighted by molar-refractivity contribution is 5.93. The molecule has 2 amide bonds. The molecule has 3 heterocycles. The SMILES string of the molecule is CNc1nc(Nc2ccc3[nH]ncc3c2)ncc1C#CCCCNC(=O)[C@@H]1CCCN1C(=O)C=CCN(C)C. The summed E-state index contributed by atoms with van der Waals surface area (Å²) in [6.45, 7) is 1.80. The Morgan fingerprint density at radius 1 is 1.28 bits per heavy atom. The molecule has 1 aliphatic heterocycles. The highest BCUT2D eigenvalue weighted by Gasteiger charge is 2.32. The Labute approximate surface area is 228 Å². The van der Waals surface area contributed by atoms with Crippen molar-refractivity contribution in [2.45, 2.75) is 31.7 Å². The van der Waals surface area contributed by atoms with Crippen molar-refractivity contribution in [3.05, 3.63) is 48.3 Å². The van der Waals surface area contributed by atoms with Crippen LogP contribution in [0.3, 0.4) is 0 Å². The average molecular weight is 530 g/mol. The third kappa shape index (κ3) is 7.55. The van der Waals surface area contributed by atoms with Crippen molar-refractivity contribution in [1.82, 2.24) is 35.3 Å². The molecule has 0 bridgehead atoms. The first kappa shape index (κ1) is 27.6. The number of benzene rings is 1. The quantitative estimate of drug-likeness (QED) is 0.179. The van der Waals surface area contributed by atoms with Crippen LogP contribution >= 0.6 is 0 Å². The van der Waals surface area contributed by atoms with E-state index < -0.39 is 6.04 Å². The fraction of sp³-hybridized carbons (Fsp3) is 0.393. The summed E-state index contributed by atoms with van der Waals surface area (Å²) in [5.74, 6) is 7.13. The van der Waals surface area contributed by atoms with Crippen LogP contribution < -0.4 is 16.0 Å². The summed E-state index contributed by atoms with van der Waals surface area (Å²) >= 11 is 0. The molecule has 1 saturated heterocycles. The number of amides is 2. The van der Waals surface area contributed by atoms with Crippen molar-refractivity contribution in [1.29, 1.82) is 0 Å². The van der Waals surface area contributed by atoms with Gasteiger partial charge in [-0.15, -0.1) is 0 Å². The summed E-state index contributed by atoms with van der Waals surface area (Å²) in [5.41, 5.74) is 2.51. The molecule has 1 aliphatic rings. The van der Waals surface area contributed by atoms with Crippen molar-refractivity contribution < 1.29 is 9.59 Å². The van der Waals surface area contributed by atoms with Crippen LogP contribution in [0.1, 0.15) is 31.2 Å². The minimum absolute atomic E-state index is 0.101. The molecule has 3 aromatic rings. The predicted octanol–water partition coefficient (Wildman–Crippen LogP) is 2.49. The van der Waals surface area contributed by atoms with Gasteiger partial charge in [0.15, 0.2) is 0 Å². The lowest BCUT2D eigenvalue weighted by atomic mass is 10.2. The van der Waals surface area contributed by atoms with Crippen LogP contribution in [-0.2, 0) is 9.59 Å². The highest BCUT2D eigenvalue weighted by atomic mass is 16.2. The second kappa shape index (κ2) is 13.4. The van der Waals surface area contributed by atoms with Crippen LogP contribution in [-0.4, -0.2) is 88.6 Å². The summed E-state index contributed by atoms with van der Waals surface area (Å²) < 4.78 is 0. The maximum atomic E-state index is 12.7. The summed E-state index contributed by atoms with van der Waals surface area (Å²) in [6, 6.07) is 5.44. The smallest absolute Gasteiger partial charge is 0.246 e. The summed E-state index contributed by atoms with van der Waals surface area (Å²) in [5, 5.41) is 17.2. The molecule has 0 spiro atoms. The van der Waals surface area contributed by atoms with Gasteiger partial charge in [-0.25, -0.2) is 4.98 Å². The molecule has 11 heteroatoms. The number of nitrogens with one attached hydrogen (secondary N) is 4. The van der Waals surface area contributed by atoms with Crippen molar-refractivity contribution in [3.63, 3.8) is 0 Å². The maximum absolute atomic E-state index is 12.7. The molecule has 0 aliphatic carbocycles. The van der Waals surface area contributed by atoms with Crippen molar-refractivity contribution in [3.8, 4) is 11.8 Å². The van der Waals surface area contributed by atoms with E-state index in [1.54, 1.807) is 30.4 Å². The van der Waals surface area contributed by atoms with Crippen LogP contribution in [0.5, 0.6) is 0 Å². The zero-order valence-electron chi connectivity index (χ0n) is 22.6. The zero-order valence-corrected chi connectivity index (χ0v) is 22.6. The Balaban J connectivity index is 1.24. The minimum Gasteiger partial charge on any atom is -0.372 e. The van der Waals surface area contributed by atoms with Gasteiger partial charge in [-0.3, -0.25) is 14.7 Å². The molecule has 39 heavy (non-hydrogen) atoms. The number of likely N-dealkylation sites (tertiary alicyclic amines) is 1. The highest BCUT2D eigenvalue weighted by Crippen LogP contribution is 2.21.